The zero-order valence-electron chi connectivity index (χ0n) is 19.0. The first-order valence-corrected chi connectivity index (χ1v) is 12.2. The summed E-state index contributed by atoms with van der Waals surface area (Å²) in [6.07, 6.45) is 2.31. The highest BCUT2D eigenvalue weighted by Gasteiger charge is 2.27. The van der Waals surface area contributed by atoms with E-state index >= 15 is 0 Å². The van der Waals surface area contributed by atoms with E-state index in [4.69, 9.17) is 26.1 Å². The van der Waals surface area contributed by atoms with Gasteiger partial charge in [-0.1, -0.05) is 53.7 Å². The Morgan fingerprint density at radius 2 is 2.09 bits per heavy atom. The van der Waals surface area contributed by atoms with Crippen molar-refractivity contribution in [1.82, 2.24) is 9.55 Å². The Balaban J connectivity index is 1.61. The number of anilines is 1. The smallest absolute Gasteiger partial charge is 0.242 e. The number of halogens is 1. The molecule has 1 amide bonds. The van der Waals surface area contributed by atoms with E-state index in [1.807, 2.05) is 37.3 Å². The summed E-state index contributed by atoms with van der Waals surface area (Å²) >= 11 is 7.71. The molecule has 1 fully saturated rings. The van der Waals surface area contributed by atoms with Crippen molar-refractivity contribution in [3.63, 3.8) is 0 Å². The molecule has 2 unspecified atom stereocenters. The predicted octanol–water partition coefficient (Wildman–Crippen LogP) is 5.81. The van der Waals surface area contributed by atoms with Crippen LogP contribution in [0, 0.1) is 13.8 Å². The standard InChI is InChI=1S/C25H28ClN3O3S/c1-16-17(2)29(15-20-10-7-13-32-20)25(27-16)33-23(18-8-5-4-6-9-18)24(30)28-19-11-12-22(31-3)21(26)14-19/h4-6,8-9,11-12,14,20,23H,7,10,13,15H2,1-3H3,(H,28,30). The number of hydrogen-bond donors (Lipinski definition) is 1. The number of carbonyl (C=O) groups excluding carboxylic acids is 1. The highest BCUT2D eigenvalue weighted by Crippen LogP contribution is 2.37. The molecule has 0 bridgehead atoms. The minimum absolute atomic E-state index is 0.144. The van der Waals surface area contributed by atoms with Gasteiger partial charge in [0.15, 0.2) is 5.16 Å². The number of amides is 1. The van der Waals surface area contributed by atoms with Gasteiger partial charge in [0.25, 0.3) is 0 Å². The number of imidazole rings is 1. The quantitative estimate of drug-likeness (QED) is 0.408. The van der Waals surface area contributed by atoms with Crippen molar-refractivity contribution >= 4 is 35.0 Å². The highest BCUT2D eigenvalue weighted by atomic mass is 35.5. The van der Waals surface area contributed by atoms with Crippen LogP contribution in [0.25, 0.3) is 0 Å². The van der Waals surface area contributed by atoms with Crippen LogP contribution in [0.15, 0.2) is 53.7 Å². The number of carbonyl (C=O) groups is 1. The van der Waals surface area contributed by atoms with E-state index in [0.717, 1.165) is 48.1 Å². The number of ether oxygens (including phenoxy) is 2. The molecule has 8 heteroatoms. The minimum atomic E-state index is -0.489. The first kappa shape index (κ1) is 23.7. The SMILES string of the molecule is COc1ccc(NC(=O)C(Sc2nc(C)c(C)n2CC2CCCO2)c2ccccc2)cc1Cl. The van der Waals surface area contributed by atoms with Crippen LogP contribution in [-0.4, -0.2) is 35.3 Å². The van der Waals surface area contributed by atoms with E-state index in [0.29, 0.717) is 16.5 Å². The number of nitrogens with one attached hydrogen (secondary N) is 1. The van der Waals surface area contributed by atoms with E-state index in [2.05, 4.69) is 16.8 Å². The first-order valence-electron chi connectivity index (χ1n) is 11.0. The van der Waals surface area contributed by atoms with Crippen LogP contribution < -0.4 is 10.1 Å². The van der Waals surface area contributed by atoms with Crippen molar-refractivity contribution in [3.05, 3.63) is 70.5 Å². The molecule has 1 aliphatic heterocycles. The molecule has 4 rings (SSSR count). The van der Waals surface area contributed by atoms with Gasteiger partial charge in [-0.05, 0) is 50.5 Å². The fraction of sp³-hybridized carbons (Fsp3) is 0.360. The number of nitrogens with zero attached hydrogens (tertiary/aromatic N) is 2. The third-order valence-corrected chi connectivity index (χ3v) is 7.36. The van der Waals surface area contributed by atoms with Crippen LogP contribution in [0.4, 0.5) is 5.69 Å². The monoisotopic (exact) mass is 485 g/mol. The normalized spacial score (nSPS) is 16.5. The second-order valence-corrected chi connectivity index (χ2v) is 9.54. The van der Waals surface area contributed by atoms with Gasteiger partial charge < -0.3 is 19.4 Å². The zero-order valence-corrected chi connectivity index (χ0v) is 20.6. The molecule has 0 saturated carbocycles. The fourth-order valence-corrected chi connectivity index (χ4v) is 5.33. The van der Waals surface area contributed by atoms with Crippen molar-refractivity contribution in [2.45, 2.75) is 49.7 Å². The van der Waals surface area contributed by atoms with Crippen molar-refractivity contribution < 1.29 is 14.3 Å². The molecular weight excluding hydrogens is 458 g/mol. The maximum atomic E-state index is 13.5. The number of aryl methyl sites for hydroxylation is 1. The Morgan fingerprint density at radius 3 is 2.76 bits per heavy atom. The first-order chi connectivity index (χ1) is 16.0. The van der Waals surface area contributed by atoms with Crippen LogP contribution in [0.3, 0.4) is 0 Å². The van der Waals surface area contributed by atoms with Gasteiger partial charge in [0, 0.05) is 18.0 Å². The van der Waals surface area contributed by atoms with Crippen molar-refractivity contribution in [3.8, 4) is 5.75 Å². The molecule has 3 aromatic rings. The molecule has 1 aliphatic rings. The number of thioether (sulfide) groups is 1. The molecule has 2 atom stereocenters. The molecule has 0 radical (unpaired) electrons. The fourth-order valence-electron chi connectivity index (χ4n) is 3.88. The largest absolute Gasteiger partial charge is 0.495 e. The summed E-state index contributed by atoms with van der Waals surface area (Å²) in [4.78, 5) is 18.3. The van der Waals surface area contributed by atoms with Crippen LogP contribution >= 0.6 is 23.4 Å². The Morgan fingerprint density at radius 1 is 1.30 bits per heavy atom. The van der Waals surface area contributed by atoms with E-state index < -0.39 is 5.25 Å². The molecule has 174 valence electrons. The topological polar surface area (TPSA) is 65.4 Å². The molecule has 33 heavy (non-hydrogen) atoms. The lowest BCUT2D eigenvalue weighted by atomic mass is 10.1. The van der Waals surface area contributed by atoms with Gasteiger partial charge in [0.05, 0.1) is 30.5 Å². The van der Waals surface area contributed by atoms with Gasteiger partial charge in [-0.3, -0.25) is 4.79 Å². The average molecular weight is 486 g/mol. The number of methoxy groups -OCH3 is 1. The summed E-state index contributed by atoms with van der Waals surface area (Å²) in [6, 6.07) is 15.0. The third kappa shape index (κ3) is 5.54. The lowest BCUT2D eigenvalue weighted by Crippen LogP contribution is -2.21. The van der Waals surface area contributed by atoms with Crippen molar-refractivity contribution in [2.24, 2.45) is 0 Å². The van der Waals surface area contributed by atoms with Gasteiger partial charge >= 0.3 is 0 Å². The van der Waals surface area contributed by atoms with E-state index in [9.17, 15) is 4.79 Å². The van der Waals surface area contributed by atoms with E-state index in [-0.39, 0.29) is 12.0 Å². The minimum Gasteiger partial charge on any atom is -0.495 e. The number of benzene rings is 2. The Hall–Kier alpha value is -2.48. The number of aromatic nitrogens is 2. The van der Waals surface area contributed by atoms with Gasteiger partial charge in [-0.2, -0.15) is 0 Å². The Bertz CT molecular complexity index is 1110. The molecule has 1 N–H and O–H groups in total. The molecule has 6 nitrogen and oxygen atoms in total. The molecule has 0 aliphatic carbocycles. The highest BCUT2D eigenvalue weighted by molar-refractivity contribution is 8.00. The van der Waals surface area contributed by atoms with Gasteiger partial charge in [-0.25, -0.2) is 4.98 Å². The molecule has 2 heterocycles. The van der Waals surface area contributed by atoms with E-state index in [1.54, 1.807) is 25.3 Å². The molecular formula is C25H28ClN3O3S. The van der Waals surface area contributed by atoms with Gasteiger partial charge in [-0.15, -0.1) is 0 Å². The Kier molecular flexibility index (Phi) is 7.63. The summed E-state index contributed by atoms with van der Waals surface area (Å²) in [7, 11) is 1.56. The second kappa shape index (κ2) is 10.6. The predicted molar refractivity (Wildman–Crippen MR) is 132 cm³/mol. The summed E-state index contributed by atoms with van der Waals surface area (Å²) in [5.41, 5.74) is 3.58. The molecule has 2 aromatic carbocycles. The lowest BCUT2D eigenvalue weighted by Gasteiger charge is -2.19. The molecule has 0 spiro atoms. The lowest BCUT2D eigenvalue weighted by molar-refractivity contribution is -0.115. The maximum Gasteiger partial charge on any atom is 0.242 e. The van der Waals surface area contributed by atoms with Crippen molar-refractivity contribution in [1.29, 1.82) is 0 Å². The number of rotatable bonds is 8. The third-order valence-electron chi connectivity index (χ3n) is 5.82. The number of hydrogen-bond acceptors (Lipinski definition) is 5. The van der Waals surface area contributed by atoms with Crippen molar-refractivity contribution in [2.75, 3.05) is 19.0 Å². The van der Waals surface area contributed by atoms with Crippen LogP contribution in [0.1, 0.15) is 35.0 Å². The summed E-state index contributed by atoms with van der Waals surface area (Å²) in [6.45, 7) is 5.62. The second-order valence-electron chi connectivity index (χ2n) is 8.06. The average Bonchev–Trinajstić information content (AvgIpc) is 3.42. The van der Waals surface area contributed by atoms with Crippen LogP contribution in [0.5, 0.6) is 5.75 Å². The van der Waals surface area contributed by atoms with Gasteiger partial charge in [0.2, 0.25) is 5.91 Å². The van der Waals surface area contributed by atoms with Crippen LogP contribution in [-0.2, 0) is 16.1 Å². The van der Waals surface area contributed by atoms with Crippen LogP contribution in [0.2, 0.25) is 5.02 Å². The summed E-state index contributed by atoms with van der Waals surface area (Å²) < 4.78 is 13.3. The summed E-state index contributed by atoms with van der Waals surface area (Å²) in [5, 5.41) is 3.78. The zero-order chi connectivity index (χ0) is 23.4. The summed E-state index contributed by atoms with van der Waals surface area (Å²) in [5.74, 6) is 0.417. The van der Waals surface area contributed by atoms with Gasteiger partial charge in [0.1, 0.15) is 11.0 Å². The maximum absolute atomic E-state index is 13.5. The molecule has 1 saturated heterocycles. The molecule has 1 aromatic heterocycles. The Labute approximate surface area is 203 Å². The van der Waals surface area contributed by atoms with E-state index in [1.165, 1.54) is 11.8 Å².